The summed E-state index contributed by atoms with van der Waals surface area (Å²) in [6, 6.07) is 4.13. The average molecular weight is 373 g/mol. The molecule has 0 amide bonds. The molecule has 2 heterocycles. The van der Waals surface area contributed by atoms with Crippen LogP contribution in [0.4, 0.5) is 0 Å². The van der Waals surface area contributed by atoms with Crippen molar-refractivity contribution in [2.45, 2.75) is 32.7 Å². The van der Waals surface area contributed by atoms with E-state index in [1.165, 1.54) is 0 Å². The molecule has 3 rings (SSSR count). The van der Waals surface area contributed by atoms with Crippen LogP contribution in [0.3, 0.4) is 0 Å². The number of aliphatic carboxylic acids is 2. The van der Waals surface area contributed by atoms with Crippen LogP contribution in [0.15, 0.2) is 34.1 Å². The Kier molecular flexibility index (Phi) is 4.46. The molecule has 3 atom stereocenters. The fourth-order valence-corrected chi connectivity index (χ4v) is 4.27. The van der Waals surface area contributed by atoms with E-state index >= 15 is 0 Å². The zero-order valence-corrected chi connectivity index (χ0v) is 15.0. The quantitative estimate of drug-likeness (QED) is 0.665. The van der Waals surface area contributed by atoms with E-state index in [2.05, 4.69) is 15.6 Å². The van der Waals surface area contributed by atoms with Crippen molar-refractivity contribution < 1.29 is 29.2 Å². The van der Waals surface area contributed by atoms with Gasteiger partial charge in [0.1, 0.15) is 16.4 Å². The summed E-state index contributed by atoms with van der Waals surface area (Å²) in [5, 5.41) is 30.5. The zero-order valence-electron chi connectivity index (χ0n) is 15.0. The van der Waals surface area contributed by atoms with Crippen LogP contribution in [0, 0.1) is 11.3 Å². The average Bonchev–Trinajstić information content (AvgIpc) is 3.08. The van der Waals surface area contributed by atoms with E-state index in [1.54, 1.807) is 39.0 Å². The second-order valence-electron chi connectivity index (χ2n) is 6.92. The van der Waals surface area contributed by atoms with Crippen LogP contribution in [0.5, 0.6) is 0 Å². The molecule has 0 fully saturated rings. The van der Waals surface area contributed by atoms with Crippen molar-refractivity contribution in [3.8, 4) is 0 Å². The number of benzene rings is 1. The number of rotatable bonds is 5. The first kappa shape index (κ1) is 18.6. The van der Waals surface area contributed by atoms with Gasteiger partial charge in [-0.15, -0.1) is 0 Å². The number of nitrogens with one attached hydrogen (secondary N) is 1. The Hall–Kier alpha value is -3.23. The Balaban J connectivity index is 2.46. The van der Waals surface area contributed by atoms with Crippen LogP contribution in [0.1, 0.15) is 32.3 Å². The fourth-order valence-electron chi connectivity index (χ4n) is 4.27. The van der Waals surface area contributed by atoms with Gasteiger partial charge in [0.15, 0.2) is 6.29 Å². The summed E-state index contributed by atoms with van der Waals surface area (Å²) >= 11 is 0. The van der Waals surface area contributed by atoms with E-state index in [4.69, 9.17) is 4.63 Å². The molecule has 1 aromatic carbocycles. The SMILES string of the molecule is CC(C)C1(C(=O)O)C(C)NC(C=O)=C(C(=O)O)C1c1cccc2nonc12. The van der Waals surface area contributed by atoms with Gasteiger partial charge < -0.3 is 15.5 Å². The molecular formula is C18H19N3O6. The highest BCUT2D eigenvalue weighted by atomic mass is 16.6. The second-order valence-corrected chi connectivity index (χ2v) is 6.92. The predicted molar refractivity (Wildman–Crippen MR) is 92.8 cm³/mol. The highest BCUT2D eigenvalue weighted by molar-refractivity contribution is 5.99. The predicted octanol–water partition coefficient (Wildman–Crippen LogP) is 1.56. The van der Waals surface area contributed by atoms with Crippen LogP contribution in [-0.4, -0.2) is 44.8 Å². The van der Waals surface area contributed by atoms with E-state index in [0.717, 1.165) is 0 Å². The second kappa shape index (κ2) is 6.49. The smallest absolute Gasteiger partial charge is 0.334 e. The summed E-state index contributed by atoms with van der Waals surface area (Å²) in [6.07, 6.45) is 0.403. The van der Waals surface area contributed by atoms with Gasteiger partial charge in [0.2, 0.25) is 0 Å². The first-order valence-electron chi connectivity index (χ1n) is 8.40. The van der Waals surface area contributed by atoms with Crippen LogP contribution >= 0.6 is 0 Å². The maximum atomic E-state index is 12.5. The van der Waals surface area contributed by atoms with Gasteiger partial charge in [0.25, 0.3) is 0 Å². The van der Waals surface area contributed by atoms with Crippen molar-refractivity contribution in [3.05, 3.63) is 35.0 Å². The summed E-state index contributed by atoms with van der Waals surface area (Å²) in [4.78, 5) is 36.2. The van der Waals surface area contributed by atoms with Crippen molar-refractivity contribution >= 4 is 29.3 Å². The van der Waals surface area contributed by atoms with Gasteiger partial charge in [-0.3, -0.25) is 9.59 Å². The van der Waals surface area contributed by atoms with Crippen molar-refractivity contribution in [3.63, 3.8) is 0 Å². The maximum absolute atomic E-state index is 12.5. The molecule has 0 bridgehead atoms. The number of hydrogen-bond acceptors (Lipinski definition) is 7. The molecule has 3 N–H and O–H groups in total. The summed E-state index contributed by atoms with van der Waals surface area (Å²) < 4.78 is 4.77. The monoisotopic (exact) mass is 373 g/mol. The third-order valence-electron chi connectivity index (χ3n) is 5.45. The minimum Gasteiger partial charge on any atom is -0.481 e. The number of allylic oxidation sites excluding steroid dienone is 1. The molecule has 3 unspecified atom stereocenters. The summed E-state index contributed by atoms with van der Waals surface area (Å²) in [5.74, 6) is -4.15. The van der Waals surface area contributed by atoms with E-state index in [1.807, 2.05) is 0 Å². The van der Waals surface area contributed by atoms with Gasteiger partial charge in [-0.25, -0.2) is 9.42 Å². The Labute approximate surface area is 154 Å². The van der Waals surface area contributed by atoms with Gasteiger partial charge in [-0.1, -0.05) is 26.0 Å². The number of carbonyl (C=O) groups excluding carboxylic acids is 1. The summed E-state index contributed by atoms with van der Waals surface area (Å²) in [5.41, 5.74) is -1.02. The zero-order chi connectivity index (χ0) is 19.9. The normalized spacial score (nSPS) is 25.5. The molecule has 27 heavy (non-hydrogen) atoms. The van der Waals surface area contributed by atoms with E-state index in [0.29, 0.717) is 17.4 Å². The highest BCUT2D eigenvalue weighted by Gasteiger charge is 2.59. The molecule has 9 nitrogen and oxygen atoms in total. The van der Waals surface area contributed by atoms with Crippen LogP contribution in [0.25, 0.3) is 11.0 Å². The Morgan fingerprint density at radius 2 is 2.00 bits per heavy atom. The molecule has 2 aromatic rings. The number of carboxylic acid groups (broad SMARTS) is 2. The number of nitrogens with zero attached hydrogens (tertiary/aromatic N) is 2. The highest BCUT2D eigenvalue weighted by Crippen LogP contribution is 2.53. The lowest BCUT2D eigenvalue weighted by Crippen LogP contribution is -2.59. The number of hydrogen-bond donors (Lipinski definition) is 3. The van der Waals surface area contributed by atoms with E-state index < -0.39 is 35.2 Å². The van der Waals surface area contributed by atoms with Gasteiger partial charge in [0, 0.05) is 12.0 Å². The lowest BCUT2D eigenvalue weighted by atomic mass is 9.57. The first-order chi connectivity index (χ1) is 12.8. The third kappa shape index (κ3) is 2.49. The molecule has 0 saturated heterocycles. The Morgan fingerprint density at radius 1 is 1.30 bits per heavy atom. The number of fused-ring (bicyclic) bond motifs is 1. The number of aromatic nitrogens is 2. The molecule has 1 aliphatic heterocycles. The molecule has 0 aliphatic carbocycles. The molecule has 9 heteroatoms. The van der Waals surface area contributed by atoms with E-state index in [-0.39, 0.29) is 16.8 Å². The van der Waals surface area contributed by atoms with Gasteiger partial charge in [-0.2, -0.15) is 0 Å². The number of aldehydes is 1. The molecule has 1 aromatic heterocycles. The first-order valence-corrected chi connectivity index (χ1v) is 8.40. The summed E-state index contributed by atoms with van der Waals surface area (Å²) in [6.45, 7) is 5.06. The van der Waals surface area contributed by atoms with Crippen LogP contribution < -0.4 is 5.32 Å². The largest absolute Gasteiger partial charge is 0.481 e. The Morgan fingerprint density at radius 3 is 2.56 bits per heavy atom. The van der Waals surface area contributed by atoms with Crippen molar-refractivity contribution in [2.24, 2.45) is 11.3 Å². The van der Waals surface area contributed by atoms with Gasteiger partial charge in [0.05, 0.1) is 11.3 Å². The standard InChI is InChI=1S/C18H19N3O6/c1-8(2)18(17(25)26)9(3)19-12(7-22)13(16(23)24)14(18)10-5-4-6-11-15(10)21-27-20-11/h4-9,14,19H,1-3H3,(H,23,24)(H,25,26). The lowest BCUT2D eigenvalue weighted by molar-refractivity contribution is -0.156. The molecule has 0 spiro atoms. The van der Waals surface area contributed by atoms with Crippen molar-refractivity contribution in [2.75, 3.05) is 0 Å². The van der Waals surface area contributed by atoms with Gasteiger partial charge >= 0.3 is 11.9 Å². The van der Waals surface area contributed by atoms with E-state index in [9.17, 15) is 24.6 Å². The Bertz CT molecular complexity index is 963. The molecular weight excluding hydrogens is 354 g/mol. The number of carboxylic acids is 2. The minimum atomic E-state index is -1.55. The maximum Gasteiger partial charge on any atom is 0.334 e. The van der Waals surface area contributed by atoms with Crippen LogP contribution in [-0.2, 0) is 14.4 Å². The third-order valence-corrected chi connectivity index (χ3v) is 5.45. The lowest BCUT2D eigenvalue weighted by Gasteiger charge is -2.48. The fraction of sp³-hybridized carbons (Fsp3) is 0.389. The molecule has 0 radical (unpaired) electrons. The molecule has 0 saturated carbocycles. The molecule has 142 valence electrons. The molecule has 1 aliphatic rings. The topological polar surface area (TPSA) is 143 Å². The van der Waals surface area contributed by atoms with Gasteiger partial charge in [-0.05, 0) is 34.8 Å². The summed E-state index contributed by atoms with van der Waals surface area (Å²) in [7, 11) is 0. The van der Waals surface area contributed by atoms with Crippen molar-refractivity contribution in [1.82, 2.24) is 15.6 Å². The minimum absolute atomic E-state index is 0.147. The van der Waals surface area contributed by atoms with Crippen LogP contribution in [0.2, 0.25) is 0 Å². The van der Waals surface area contributed by atoms with Crippen molar-refractivity contribution in [1.29, 1.82) is 0 Å². The number of carbonyl (C=O) groups is 3.